The molecule has 0 aromatic carbocycles. The molecule has 1 unspecified atom stereocenters. The molecule has 4 saturated carbocycles. The molecule has 0 radical (unpaired) electrons. The molecule has 114 valence electrons. The van der Waals surface area contributed by atoms with Gasteiger partial charge >= 0.3 is 0 Å². The second kappa shape index (κ2) is 5.81. The molecule has 20 heavy (non-hydrogen) atoms. The minimum atomic E-state index is 0.614. The Hall–Kier alpha value is -0.340. The van der Waals surface area contributed by atoms with Gasteiger partial charge in [-0.1, -0.05) is 12.2 Å². The summed E-state index contributed by atoms with van der Waals surface area (Å²) in [5, 5.41) is 3.76. The van der Waals surface area contributed by atoms with E-state index in [0.717, 1.165) is 36.5 Å². The third-order valence-corrected chi connectivity index (χ3v) is 6.05. The van der Waals surface area contributed by atoms with Crippen molar-refractivity contribution < 1.29 is 4.74 Å². The lowest BCUT2D eigenvalue weighted by Gasteiger charge is -2.59. The summed E-state index contributed by atoms with van der Waals surface area (Å²) in [5.74, 6) is 3.14. The molecule has 1 atom stereocenters. The zero-order valence-electron chi connectivity index (χ0n) is 13.3. The second-order valence-electron chi connectivity index (χ2n) is 7.97. The van der Waals surface area contributed by atoms with Crippen LogP contribution in [0.1, 0.15) is 52.4 Å². The van der Waals surface area contributed by atoms with E-state index in [1.165, 1.54) is 38.5 Å². The van der Waals surface area contributed by atoms with E-state index in [2.05, 4.69) is 18.8 Å². The largest absolute Gasteiger partial charge is 0.376 e. The molecule has 2 nitrogen and oxygen atoms in total. The first kappa shape index (κ1) is 14.6. The van der Waals surface area contributed by atoms with Crippen molar-refractivity contribution in [3.8, 4) is 0 Å². The zero-order chi connectivity index (χ0) is 14.2. The molecule has 4 aliphatic rings. The smallest absolute Gasteiger partial charge is 0.0672 e. The fourth-order valence-corrected chi connectivity index (χ4v) is 5.52. The Labute approximate surface area is 124 Å². The van der Waals surface area contributed by atoms with Gasteiger partial charge in [0.15, 0.2) is 0 Å². The first-order valence-electron chi connectivity index (χ1n) is 8.53. The van der Waals surface area contributed by atoms with Crippen LogP contribution < -0.4 is 5.32 Å². The first-order chi connectivity index (χ1) is 9.57. The molecule has 4 bridgehead atoms. The monoisotopic (exact) mass is 277 g/mol. The summed E-state index contributed by atoms with van der Waals surface area (Å²) in [6, 6.07) is 0.657. The number of ether oxygens (including phenoxy) is 1. The fourth-order valence-electron chi connectivity index (χ4n) is 5.52. The van der Waals surface area contributed by atoms with Gasteiger partial charge in [0.25, 0.3) is 0 Å². The van der Waals surface area contributed by atoms with E-state index in [4.69, 9.17) is 4.74 Å². The van der Waals surface area contributed by atoms with Gasteiger partial charge in [-0.15, -0.1) is 0 Å². The second-order valence-corrected chi connectivity index (χ2v) is 7.97. The van der Waals surface area contributed by atoms with Crippen LogP contribution in [0.25, 0.3) is 0 Å². The molecule has 0 saturated heterocycles. The van der Waals surface area contributed by atoms with Gasteiger partial charge < -0.3 is 10.1 Å². The Balaban J connectivity index is 1.47. The van der Waals surface area contributed by atoms with Crippen LogP contribution in [0.4, 0.5) is 0 Å². The predicted octanol–water partition coefficient (Wildman–Crippen LogP) is 3.77. The molecular weight excluding hydrogens is 246 g/mol. The Bertz CT molecular complexity index is 327. The molecule has 0 heterocycles. The summed E-state index contributed by atoms with van der Waals surface area (Å²) in [4.78, 5) is 0. The molecule has 0 amide bonds. The van der Waals surface area contributed by atoms with Crippen molar-refractivity contribution in [2.24, 2.45) is 23.2 Å². The van der Waals surface area contributed by atoms with E-state index in [1.807, 2.05) is 6.92 Å². The van der Waals surface area contributed by atoms with Gasteiger partial charge in [-0.25, -0.2) is 0 Å². The molecular formula is C18H31NO. The average Bonchev–Trinajstić information content (AvgIpc) is 2.36. The van der Waals surface area contributed by atoms with Crippen LogP contribution in [0, 0.1) is 23.2 Å². The van der Waals surface area contributed by atoms with Crippen LogP contribution >= 0.6 is 0 Å². The third kappa shape index (κ3) is 2.96. The SMILES string of the molecule is C=C(C)COCCNC(C)C12CC3CC(CC(C3)C1)C2. The quantitative estimate of drug-likeness (QED) is 0.565. The van der Waals surface area contributed by atoms with E-state index < -0.39 is 0 Å². The van der Waals surface area contributed by atoms with Gasteiger partial charge in [0.1, 0.15) is 0 Å². The van der Waals surface area contributed by atoms with E-state index in [9.17, 15) is 0 Å². The maximum absolute atomic E-state index is 5.60. The maximum Gasteiger partial charge on any atom is 0.0672 e. The number of rotatable bonds is 7. The van der Waals surface area contributed by atoms with Crippen LogP contribution in [0.5, 0.6) is 0 Å². The fraction of sp³-hybridized carbons (Fsp3) is 0.889. The summed E-state index contributed by atoms with van der Waals surface area (Å²) in [6.07, 6.45) is 9.06. The van der Waals surface area contributed by atoms with Gasteiger partial charge in [0.2, 0.25) is 0 Å². The van der Waals surface area contributed by atoms with E-state index in [-0.39, 0.29) is 0 Å². The summed E-state index contributed by atoms with van der Waals surface area (Å²) >= 11 is 0. The van der Waals surface area contributed by atoms with Crippen molar-refractivity contribution >= 4 is 0 Å². The lowest BCUT2D eigenvalue weighted by molar-refractivity contribution is -0.0709. The van der Waals surface area contributed by atoms with E-state index in [1.54, 1.807) is 0 Å². The molecule has 0 spiro atoms. The van der Waals surface area contributed by atoms with Gasteiger partial charge in [-0.2, -0.15) is 0 Å². The molecule has 1 N–H and O–H groups in total. The summed E-state index contributed by atoms with van der Waals surface area (Å²) in [6.45, 7) is 10.8. The zero-order valence-corrected chi connectivity index (χ0v) is 13.3. The number of hydrogen-bond donors (Lipinski definition) is 1. The van der Waals surface area contributed by atoms with E-state index in [0.29, 0.717) is 18.1 Å². The summed E-state index contributed by atoms with van der Waals surface area (Å²) in [5.41, 5.74) is 1.72. The van der Waals surface area contributed by atoms with E-state index >= 15 is 0 Å². The molecule has 4 fully saturated rings. The molecule has 4 aliphatic carbocycles. The van der Waals surface area contributed by atoms with Crippen molar-refractivity contribution in [3.05, 3.63) is 12.2 Å². The Morgan fingerprint density at radius 2 is 1.75 bits per heavy atom. The van der Waals surface area contributed by atoms with Crippen LogP contribution in [0.3, 0.4) is 0 Å². The predicted molar refractivity (Wildman–Crippen MR) is 83.7 cm³/mol. The van der Waals surface area contributed by atoms with Crippen LogP contribution in [-0.2, 0) is 4.74 Å². The van der Waals surface area contributed by atoms with Crippen molar-refractivity contribution in [2.45, 2.75) is 58.4 Å². The summed E-state index contributed by atoms with van der Waals surface area (Å²) in [7, 11) is 0. The van der Waals surface area contributed by atoms with Crippen LogP contribution in [-0.4, -0.2) is 25.8 Å². The molecule has 0 aromatic heterocycles. The average molecular weight is 277 g/mol. The minimum Gasteiger partial charge on any atom is -0.376 e. The maximum atomic E-state index is 5.60. The standard InChI is InChI=1S/C18H31NO/c1-13(2)12-20-5-4-19-14(3)18-9-15-6-16(10-18)8-17(7-15)11-18/h14-17,19H,1,4-12H2,2-3H3. The van der Waals surface area contributed by atoms with Crippen LogP contribution in [0.15, 0.2) is 12.2 Å². The molecule has 4 rings (SSSR count). The highest BCUT2D eigenvalue weighted by molar-refractivity contribution is 5.05. The normalized spacial score (nSPS) is 40.0. The molecule has 0 aromatic rings. The lowest BCUT2D eigenvalue weighted by Crippen LogP contribution is -2.55. The Morgan fingerprint density at radius 3 is 2.25 bits per heavy atom. The Kier molecular flexibility index (Phi) is 4.24. The van der Waals surface area contributed by atoms with Gasteiger partial charge in [-0.3, -0.25) is 0 Å². The van der Waals surface area contributed by atoms with Crippen molar-refractivity contribution in [3.63, 3.8) is 0 Å². The summed E-state index contributed by atoms with van der Waals surface area (Å²) < 4.78 is 5.60. The van der Waals surface area contributed by atoms with Gasteiger partial charge in [0, 0.05) is 12.6 Å². The highest BCUT2D eigenvalue weighted by Gasteiger charge is 2.52. The minimum absolute atomic E-state index is 0.614. The topological polar surface area (TPSA) is 21.3 Å². The number of hydrogen-bond acceptors (Lipinski definition) is 2. The highest BCUT2D eigenvalue weighted by atomic mass is 16.5. The van der Waals surface area contributed by atoms with Crippen LogP contribution in [0.2, 0.25) is 0 Å². The van der Waals surface area contributed by atoms with Crippen molar-refractivity contribution in [1.82, 2.24) is 5.32 Å². The highest BCUT2D eigenvalue weighted by Crippen LogP contribution is 2.61. The van der Waals surface area contributed by atoms with Crippen molar-refractivity contribution in [1.29, 1.82) is 0 Å². The molecule has 2 heteroatoms. The lowest BCUT2D eigenvalue weighted by atomic mass is 9.48. The first-order valence-corrected chi connectivity index (χ1v) is 8.53. The molecule has 0 aliphatic heterocycles. The third-order valence-electron chi connectivity index (χ3n) is 6.05. The number of nitrogens with one attached hydrogen (secondary N) is 1. The van der Waals surface area contributed by atoms with Gasteiger partial charge in [-0.05, 0) is 75.5 Å². The van der Waals surface area contributed by atoms with Gasteiger partial charge in [0.05, 0.1) is 13.2 Å². The van der Waals surface area contributed by atoms with Crippen molar-refractivity contribution in [2.75, 3.05) is 19.8 Å². The Morgan fingerprint density at radius 1 is 1.20 bits per heavy atom.